The first-order valence-electron chi connectivity index (χ1n) is 6.98. The van der Waals surface area contributed by atoms with E-state index in [0.717, 1.165) is 25.7 Å². The molecule has 0 bridgehead atoms. The molecule has 98 valence electrons. The van der Waals surface area contributed by atoms with E-state index in [4.69, 9.17) is 0 Å². The first kappa shape index (κ1) is 13.1. The molecule has 0 radical (unpaired) electrons. The van der Waals surface area contributed by atoms with Crippen LogP contribution >= 0.6 is 0 Å². The SMILES string of the molecule is CC(C)[C@@H]1CC[C@](C)(O)[C@@H]2CCC(CO)=C[C@H]21. The van der Waals surface area contributed by atoms with Crippen molar-refractivity contribution < 1.29 is 10.2 Å². The van der Waals surface area contributed by atoms with Gasteiger partial charge in [-0.2, -0.15) is 0 Å². The number of rotatable bonds is 2. The lowest BCUT2D eigenvalue weighted by molar-refractivity contribution is -0.0811. The molecule has 2 aliphatic rings. The van der Waals surface area contributed by atoms with Crippen molar-refractivity contribution in [2.45, 2.75) is 52.1 Å². The molecule has 0 spiro atoms. The molecule has 0 unspecified atom stereocenters. The molecule has 2 heteroatoms. The van der Waals surface area contributed by atoms with Crippen molar-refractivity contribution in [1.29, 1.82) is 0 Å². The van der Waals surface area contributed by atoms with Crippen LogP contribution < -0.4 is 0 Å². The van der Waals surface area contributed by atoms with E-state index in [1.165, 1.54) is 5.57 Å². The average molecular weight is 238 g/mol. The lowest BCUT2D eigenvalue weighted by Crippen LogP contribution is -2.48. The predicted octanol–water partition coefficient (Wildman–Crippen LogP) is 2.75. The molecule has 0 aromatic rings. The van der Waals surface area contributed by atoms with Gasteiger partial charge in [-0.15, -0.1) is 0 Å². The van der Waals surface area contributed by atoms with E-state index < -0.39 is 5.60 Å². The van der Waals surface area contributed by atoms with Crippen LogP contribution in [-0.4, -0.2) is 22.4 Å². The third-order valence-electron chi connectivity index (χ3n) is 5.01. The normalized spacial score (nSPS) is 42.2. The van der Waals surface area contributed by atoms with E-state index in [2.05, 4.69) is 19.9 Å². The number of aliphatic hydroxyl groups excluding tert-OH is 1. The van der Waals surface area contributed by atoms with Gasteiger partial charge < -0.3 is 10.2 Å². The van der Waals surface area contributed by atoms with Gasteiger partial charge in [0, 0.05) is 0 Å². The summed E-state index contributed by atoms with van der Waals surface area (Å²) >= 11 is 0. The Kier molecular flexibility index (Phi) is 3.65. The molecular weight excluding hydrogens is 212 g/mol. The summed E-state index contributed by atoms with van der Waals surface area (Å²) in [6.45, 7) is 6.75. The van der Waals surface area contributed by atoms with Gasteiger partial charge in [0.15, 0.2) is 0 Å². The van der Waals surface area contributed by atoms with Crippen molar-refractivity contribution in [3.05, 3.63) is 11.6 Å². The summed E-state index contributed by atoms with van der Waals surface area (Å²) in [4.78, 5) is 0. The van der Waals surface area contributed by atoms with Crippen LogP contribution in [0, 0.1) is 23.7 Å². The minimum Gasteiger partial charge on any atom is -0.392 e. The highest BCUT2D eigenvalue weighted by Crippen LogP contribution is 2.49. The predicted molar refractivity (Wildman–Crippen MR) is 69.6 cm³/mol. The highest BCUT2D eigenvalue weighted by atomic mass is 16.3. The molecule has 0 amide bonds. The molecular formula is C15H26O2. The fraction of sp³-hybridized carbons (Fsp3) is 0.867. The van der Waals surface area contributed by atoms with Gasteiger partial charge in [0.1, 0.15) is 0 Å². The van der Waals surface area contributed by atoms with Crippen molar-refractivity contribution in [2.75, 3.05) is 6.61 Å². The topological polar surface area (TPSA) is 40.5 Å². The Labute approximate surface area is 105 Å². The van der Waals surface area contributed by atoms with Gasteiger partial charge in [0.2, 0.25) is 0 Å². The third-order valence-corrected chi connectivity index (χ3v) is 5.01. The molecule has 1 saturated carbocycles. The van der Waals surface area contributed by atoms with Gasteiger partial charge in [0.05, 0.1) is 12.2 Å². The third kappa shape index (κ3) is 2.43. The minimum absolute atomic E-state index is 0.191. The maximum Gasteiger partial charge on any atom is 0.0653 e. The molecule has 2 rings (SSSR count). The van der Waals surface area contributed by atoms with Crippen LogP contribution in [0.15, 0.2) is 11.6 Å². The van der Waals surface area contributed by atoms with Crippen molar-refractivity contribution in [3.8, 4) is 0 Å². The maximum atomic E-state index is 10.5. The zero-order valence-corrected chi connectivity index (χ0v) is 11.3. The van der Waals surface area contributed by atoms with E-state index in [9.17, 15) is 10.2 Å². The summed E-state index contributed by atoms with van der Waals surface area (Å²) < 4.78 is 0. The lowest BCUT2D eigenvalue weighted by Gasteiger charge is -2.49. The summed E-state index contributed by atoms with van der Waals surface area (Å²) in [7, 11) is 0. The van der Waals surface area contributed by atoms with E-state index in [1.54, 1.807) is 0 Å². The second-order valence-corrected chi connectivity index (χ2v) is 6.51. The van der Waals surface area contributed by atoms with E-state index in [-0.39, 0.29) is 6.61 Å². The highest BCUT2D eigenvalue weighted by molar-refractivity contribution is 5.15. The van der Waals surface area contributed by atoms with Gasteiger partial charge in [-0.05, 0) is 61.9 Å². The number of allylic oxidation sites excluding steroid dienone is 1. The fourth-order valence-corrected chi connectivity index (χ4v) is 3.90. The molecule has 1 fully saturated rings. The van der Waals surface area contributed by atoms with Crippen molar-refractivity contribution in [3.63, 3.8) is 0 Å². The van der Waals surface area contributed by atoms with Crippen molar-refractivity contribution in [2.24, 2.45) is 23.7 Å². The number of fused-ring (bicyclic) bond motifs is 1. The van der Waals surface area contributed by atoms with Crippen LogP contribution in [0.25, 0.3) is 0 Å². The molecule has 0 aliphatic heterocycles. The molecule has 0 saturated heterocycles. The minimum atomic E-state index is -0.506. The Balaban J connectivity index is 2.27. The highest BCUT2D eigenvalue weighted by Gasteiger charge is 2.46. The van der Waals surface area contributed by atoms with Crippen molar-refractivity contribution in [1.82, 2.24) is 0 Å². The molecule has 2 N–H and O–H groups in total. The maximum absolute atomic E-state index is 10.5. The van der Waals surface area contributed by atoms with E-state index >= 15 is 0 Å². The largest absolute Gasteiger partial charge is 0.392 e. The standard InChI is InChI=1S/C15H26O2/c1-10(2)12-6-7-15(3,17)14-5-4-11(9-16)8-13(12)14/h8,10,12-14,16-17H,4-7,9H2,1-3H3/t12-,13-,14+,15-/m0/s1. The molecule has 0 aromatic carbocycles. The first-order chi connectivity index (χ1) is 7.95. The first-order valence-corrected chi connectivity index (χ1v) is 6.98. The van der Waals surface area contributed by atoms with Crippen LogP contribution in [0.5, 0.6) is 0 Å². The van der Waals surface area contributed by atoms with Crippen LogP contribution in [0.3, 0.4) is 0 Å². The Hall–Kier alpha value is -0.340. The van der Waals surface area contributed by atoms with Gasteiger partial charge in [-0.25, -0.2) is 0 Å². The zero-order valence-electron chi connectivity index (χ0n) is 11.3. The summed E-state index contributed by atoms with van der Waals surface area (Å²) in [5.74, 6) is 2.18. The zero-order chi connectivity index (χ0) is 12.6. The Bertz CT molecular complexity index is 304. The van der Waals surface area contributed by atoms with Gasteiger partial charge in [-0.3, -0.25) is 0 Å². The molecule has 0 heterocycles. The molecule has 2 aliphatic carbocycles. The number of aliphatic hydroxyl groups is 2. The summed E-state index contributed by atoms with van der Waals surface area (Å²) in [6, 6.07) is 0. The van der Waals surface area contributed by atoms with Gasteiger partial charge >= 0.3 is 0 Å². The quantitative estimate of drug-likeness (QED) is 0.726. The summed E-state index contributed by atoms with van der Waals surface area (Å²) in [6.07, 6.45) is 6.30. The second kappa shape index (κ2) is 4.74. The lowest BCUT2D eigenvalue weighted by atomic mass is 9.58. The fourth-order valence-electron chi connectivity index (χ4n) is 3.90. The Morgan fingerprint density at radius 2 is 2.12 bits per heavy atom. The smallest absolute Gasteiger partial charge is 0.0653 e. The number of hydrogen-bond acceptors (Lipinski definition) is 2. The second-order valence-electron chi connectivity index (χ2n) is 6.51. The average Bonchev–Trinajstić information content (AvgIpc) is 2.27. The van der Waals surface area contributed by atoms with E-state index in [1.807, 2.05) is 6.92 Å². The Morgan fingerprint density at radius 3 is 2.71 bits per heavy atom. The Morgan fingerprint density at radius 1 is 1.41 bits per heavy atom. The van der Waals surface area contributed by atoms with Crippen molar-refractivity contribution >= 4 is 0 Å². The molecule has 17 heavy (non-hydrogen) atoms. The van der Waals surface area contributed by atoms with Crippen LogP contribution in [0.2, 0.25) is 0 Å². The molecule has 0 aromatic heterocycles. The van der Waals surface area contributed by atoms with Gasteiger partial charge in [0.25, 0.3) is 0 Å². The number of hydrogen-bond donors (Lipinski definition) is 2. The van der Waals surface area contributed by atoms with Crippen LogP contribution in [-0.2, 0) is 0 Å². The summed E-state index contributed by atoms with van der Waals surface area (Å²) in [5, 5.41) is 19.8. The summed E-state index contributed by atoms with van der Waals surface area (Å²) in [5.41, 5.74) is 0.669. The monoisotopic (exact) mass is 238 g/mol. The van der Waals surface area contributed by atoms with Crippen LogP contribution in [0.4, 0.5) is 0 Å². The van der Waals surface area contributed by atoms with E-state index in [0.29, 0.717) is 23.7 Å². The molecule has 2 nitrogen and oxygen atoms in total. The van der Waals surface area contributed by atoms with Gasteiger partial charge in [-0.1, -0.05) is 19.9 Å². The molecule has 4 atom stereocenters. The van der Waals surface area contributed by atoms with Crippen LogP contribution in [0.1, 0.15) is 46.5 Å².